The number of nitrogens with zero attached hydrogens (tertiary/aromatic N) is 3. The van der Waals surface area contributed by atoms with Crippen molar-refractivity contribution in [1.29, 1.82) is 5.26 Å². The molecule has 5 rings (SSSR count). The highest BCUT2D eigenvalue weighted by molar-refractivity contribution is 7.99. The summed E-state index contributed by atoms with van der Waals surface area (Å²) >= 11 is 1.51. The Morgan fingerprint density at radius 3 is 2.56 bits per heavy atom. The first kappa shape index (κ1) is 18.0. The van der Waals surface area contributed by atoms with Gasteiger partial charge in [-0.2, -0.15) is 5.26 Å². The third-order valence-electron chi connectivity index (χ3n) is 5.68. The van der Waals surface area contributed by atoms with Crippen molar-refractivity contribution in [3.8, 4) is 6.07 Å². The zero-order valence-electron chi connectivity index (χ0n) is 15.3. The van der Waals surface area contributed by atoms with Gasteiger partial charge in [-0.25, -0.2) is 4.98 Å². The largest absolute Gasteiger partial charge is 0.347 e. The van der Waals surface area contributed by atoms with Crippen LogP contribution in [0, 0.1) is 17.2 Å². The lowest BCUT2D eigenvalue weighted by molar-refractivity contribution is 0.0217. The Morgan fingerprint density at radius 1 is 1.22 bits per heavy atom. The number of aromatic nitrogens is 1. The molecule has 1 aromatic heterocycles. The monoisotopic (exact) mass is 378 g/mol. The van der Waals surface area contributed by atoms with Crippen LogP contribution in [0.5, 0.6) is 0 Å². The van der Waals surface area contributed by atoms with Crippen LogP contribution in [0.4, 0.5) is 0 Å². The minimum atomic E-state index is 0.00801. The number of fused-ring (bicyclic) bond motifs is 3. The second kappa shape index (κ2) is 7.71. The molecule has 1 N–H and O–H groups in total. The van der Waals surface area contributed by atoms with Gasteiger partial charge in [0.25, 0.3) is 5.91 Å². The van der Waals surface area contributed by atoms with Gasteiger partial charge in [0.05, 0.1) is 5.56 Å². The van der Waals surface area contributed by atoms with Crippen LogP contribution in [0.15, 0.2) is 52.5 Å². The normalized spacial score (nSPS) is 26.4. The van der Waals surface area contributed by atoms with Gasteiger partial charge in [0.15, 0.2) is 0 Å². The molecule has 5 nitrogen and oxygen atoms in total. The number of amides is 1. The van der Waals surface area contributed by atoms with Gasteiger partial charge in [-0.1, -0.05) is 11.8 Å². The molecular weight excluding hydrogens is 356 g/mol. The van der Waals surface area contributed by atoms with Crippen LogP contribution in [0.25, 0.3) is 0 Å². The molecule has 4 heterocycles. The fraction of sp³-hybridized carbons (Fsp3) is 0.381. The second-order valence-corrected chi connectivity index (χ2v) is 8.33. The molecule has 1 amide bonds. The van der Waals surface area contributed by atoms with Crippen LogP contribution in [-0.2, 0) is 0 Å². The third-order valence-corrected chi connectivity index (χ3v) is 6.64. The lowest BCUT2D eigenvalue weighted by atomic mass is 9.79. The first-order valence-electron chi connectivity index (χ1n) is 9.33. The highest BCUT2D eigenvalue weighted by atomic mass is 32.2. The quantitative estimate of drug-likeness (QED) is 0.884. The molecule has 3 saturated heterocycles. The number of carbonyl (C=O) groups excluding carboxylic acids is 1. The van der Waals surface area contributed by atoms with E-state index in [-0.39, 0.29) is 11.9 Å². The minimum Gasteiger partial charge on any atom is -0.347 e. The number of nitriles is 1. The van der Waals surface area contributed by atoms with Crippen LogP contribution < -0.4 is 5.32 Å². The van der Waals surface area contributed by atoms with E-state index in [1.54, 1.807) is 12.3 Å². The molecular formula is C21H22N4OS. The summed E-state index contributed by atoms with van der Waals surface area (Å²) in [4.78, 5) is 20.5. The molecule has 138 valence electrons. The number of carbonyl (C=O) groups is 1. The molecule has 0 saturated carbocycles. The van der Waals surface area contributed by atoms with E-state index in [9.17, 15) is 4.79 Å². The zero-order chi connectivity index (χ0) is 18.8. The summed E-state index contributed by atoms with van der Waals surface area (Å²) in [5, 5.41) is 12.9. The van der Waals surface area contributed by atoms with E-state index in [0.29, 0.717) is 23.1 Å². The summed E-state index contributed by atoms with van der Waals surface area (Å²) in [6.45, 7) is 4.54. The molecule has 0 radical (unpaired) electrons. The van der Waals surface area contributed by atoms with Crippen LogP contribution in [0.3, 0.4) is 0 Å². The van der Waals surface area contributed by atoms with Gasteiger partial charge in [0, 0.05) is 28.7 Å². The molecule has 2 atom stereocenters. The van der Waals surface area contributed by atoms with E-state index in [4.69, 9.17) is 5.26 Å². The summed E-state index contributed by atoms with van der Waals surface area (Å²) in [6.07, 6.45) is 3.93. The van der Waals surface area contributed by atoms with E-state index in [2.05, 4.69) is 28.2 Å². The van der Waals surface area contributed by atoms with E-state index in [0.717, 1.165) is 23.0 Å². The zero-order valence-corrected chi connectivity index (χ0v) is 16.1. The average Bonchev–Trinajstić information content (AvgIpc) is 2.72. The molecule has 3 aliphatic rings. The van der Waals surface area contributed by atoms with Crippen molar-refractivity contribution < 1.29 is 4.79 Å². The molecule has 2 bridgehead atoms. The number of rotatable bonds is 4. The van der Waals surface area contributed by atoms with Crippen LogP contribution >= 0.6 is 11.8 Å². The average molecular weight is 379 g/mol. The number of piperidine rings is 3. The van der Waals surface area contributed by atoms with Crippen molar-refractivity contribution in [2.75, 3.05) is 13.1 Å². The summed E-state index contributed by atoms with van der Waals surface area (Å²) in [7, 11) is 0. The number of hydrogen-bond acceptors (Lipinski definition) is 5. The highest BCUT2D eigenvalue weighted by Gasteiger charge is 2.40. The Balaban J connectivity index is 1.39. The summed E-state index contributed by atoms with van der Waals surface area (Å²) < 4.78 is 0. The molecule has 6 heteroatoms. The molecule has 27 heavy (non-hydrogen) atoms. The number of hydrogen-bond donors (Lipinski definition) is 1. The Morgan fingerprint density at radius 2 is 1.96 bits per heavy atom. The van der Waals surface area contributed by atoms with Crippen molar-refractivity contribution in [1.82, 2.24) is 15.2 Å². The predicted octanol–water partition coefficient (Wildman–Crippen LogP) is 3.32. The summed E-state index contributed by atoms with van der Waals surface area (Å²) in [6, 6.07) is 13.9. The fourth-order valence-electron chi connectivity index (χ4n) is 4.08. The molecule has 2 unspecified atom stereocenters. The first-order chi connectivity index (χ1) is 13.1. The van der Waals surface area contributed by atoms with Gasteiger partial charge in [-0.3, -0.25) is 9.69 Å². The van der Waals surface area contributed by atoms with Gasteiger partial charge >= 0.3 is 0 Å². The van der Waals surface area contributed by atoms with Gasteiger partial charge in [0.2, 0.25) is 0 Å². The summed E-state index contributed by atoms with van der Waals surface area (Å²) in [5.74, 6) is 0.611. The molecule has 3 fully saturated rings. The molecule has 3 aliphatic heterocycles. The van der Waals surface area contributed by atoms with Gasteiger partial charge in [-0.05, 0) is 75.2 Å². The van der Waals surface area contributed by atoms with E-state index >= 15 is 0 Å². The molecule has 1 aromatic carbocycles. The van der Waals surface area contributed by atoms with Crippen molar-refractivity contribution in [3.63, 3.8) is 0 Å². The topological polar surface area (TPSA) is 69.0 Å². The van der Waals surface area contributed by atoms with Crippen molar-refractivity contribution >= 4 is 17.7 Å². The number of pyridine rings is 1. The fourth-order valence-corrected chi connectivity index (χ4v) is 4.84. The Labute approximate surface area is 163 Å². The standard InChI is InChI=1S/C21H22N4OS/c1-14-20(16-8-10-25(14)11-9-16)24-21(26)17-3-5-18(6-4-17)27-19-7-2-15(12-22)13-23-19/h2-7,13-14,16,20H,8-11H2,1H3,(H,24,26). The van der Waals surface area contributed by atoms with Crippen LogP contribution in [0.1, 0.15) is 35.7 Å². The molecule has 0 aliphatic carbocycles. The van der Waals surface area contributed by atoms with Crippen molar-refractivity contribution in [2.24, 2.45) is 5.92 Å². The number of benzene rings is 1. The van der Waals surface area contributed by atoms with Crippen LogP contribution in [0.2, 0.25) is 0 Å². The highest BCUT2D eigenvalue weighted by Crippen LogP contribution is 2.32. The second-order valence-electron chi connectivity index (χ2n) is 7.24. The third kappa shape index (κ3) is 3.85. The predicted molar refractivity (Wildman–Crippen MR) is 105 cm³/mol. The maximum atomic E-state index is 12.7. The van der Waals surface area contributed by atoms with Gasteiger partial charge in [-0.15, -0.1) is 0 Å². The maximum Gasteiger partial charge on any atom is 0.251 e. The van der Waals surface area contributed by atoms with Gasteiger partial charge < -0.3 is 5.32 Å². The Kier molecular flexibility index (Phi) is 5.15. The summed E-state index contributed by atoms with van der Waals surface area (Å²) in [5.41, 5.74) is 1.24. The van der Waals surface area contributed by atoms with Crippen molar-refractivity contribution in [2.45, 2.75) is 41.8 Å². The number of nitrogens with one attached hydrogen (secondary N) is 1. The SMILES string of the molecule is CC1C(NC(=O)c2ccc(Sc3ccc(C#N)cn3)cc2)C2CCN1CC2. The van der Waals surface area contributed by atoms with E-state index in [1.165, 1.54) is 24.6 Å². The lowest BCUT2D eigenvalue weighted by Crippen LogP contribution is -2.62. The minimum absolute atomic E-state index is 0.00801. The maximum absolute atomic E-state index is 12.7. The molecule has 0 spiro atoms. The molecule has 2 aromatic rings. The Bertz CT molecular complexity index is 849. The lowest BCUT2D eigenvalue weighted by Gasteiger charge is -2.49. The Hall–Kier alpha value is -2.36. The first-order valence-corrected chi connectivity index (χ1v) is 10.1. The van der Waals surface area contributed by atoms with E-state index in [1.807, 2.05) is 30.3 Å². The van der Waals surface area contributed by atoms with E-state index < -0.39 is 0 Å². The van der Waals surface area contributed by atoms with Gasteiger partial charge in [0.1, 0.15) is 11.1 Å². The van der Waals surface area contributed by atoms with Crippen LogP contribution in [-0.4, -0.2) is 41.0 Å². The van der Waals surface area contributed by atoms with Crippen molar-refractivity contribution in [3.05, 3.63) is 53.7 Å². The smallest absolute Gasteiger partial charge is 0.251 e.